The van der Waals surface area contributed by atoms with E-state index in [0.29, 0.717) is 11.6 Å². The van der Waals surface area contributed by atoms with Crippen LogP contribution < -0.4 is 4.74 Å². The van der Waals surface area contributed by atoms with Crippen LogP contribution in [0.15, 0.2) is 106 Å². The number of benzene rings is 3. The smallest absolute Gasteiger partial charge is 0.223 e. The summed E-state index contributed by atoms with van der Waals surface area (Å²) in [4.78, 5) is 5.74. The molecule has 0 amide bonds. The summed E-state index contributed by atoms with van der Waals surface area (Å²) in [5, 5.41) is 2.00. The molecule has 0 saturated heterocycles. The Kier molecular flexibility index (Phi) is 6.23. The number of nitrogens with zero attached hydrogens (tertiary/aromatic N) is 1. The topological polar surface area (TPSA) is 21.6 Å². The van der Waals surface area contributed by atoms with E-state index in [9.17, 15) is 4.39 Å². The lowest BCUT2D eigenvalue weighted by atomic mass is 10.3. The molecule has 2 nitrogen and oxygen atoms in total. The van der Waals surface area contributed by atoms with Crippen molar-refractivity contribution in [3.05, 3.63) is 102 Å². The molecule has 3 aromatic carbocycles. The normalized spacial score (nSPS) is 12.1. The third-order valence-corrected chi connectivity index (χ3v) is 4.48. The first kappa shape index (κ1) is 18.0. The summed E-state index contributed by atoms with van der Waals surface area (Å²) in [6.07, 6.45) is 0. The summed E-state index contributed by atoms with van der Waals surface area (Å²) in [5.74, 6) is 0.718. The SMILES string of the molecule is CC(=C\Sc1ccccc1)/C(=N/c1ccccc1)Oc1ccc(F)cc1. The lowest BCUT2D eigenvalue weighted by molar-refractivity contribution is 0.546. The molecule has 0 unspecified atom stereocenters. The lowest BCUT2D eigenvalue weighted by Gasteiger charge is -2.10. The van der Waals surface area contributed by atoms with Gasteiger partial charge in [0.05, 0.1) is 5.69 Å². The summed E-state index contributed by atoms with van der Waals surface area (Å²) in [5.41, 5.74) is 1.68. The van der Waals surface area contributed by atoms with Gasteiger partial charge in [0.1, 0.15) is 11.6 Å². The molecule has 26 heavy (non-hydrogen) atoms. The molecule has 4 heteroatoms. The highest BCUT2D eigenvalue weighted by molar-refractivity contribution is 8.02. The van der Waals surface area contributed by atoms with Crippen molar-refractivity contribution in [2.24, 2.45) is 4.99 Å². The molecule has 0 saturated carbocycles. The Bertz CT molecular complexity index is 890. The zero-order chi connectivity index (χ0) is 18.2. The van der Waals surface area contributed by atoms with Gasteiger partial charge < -0.3 is 4.74 Å². The van der Waals surface area contributed by atoms with Crippen molar-refractivity contribution in [3.8, 4) is 5.75 Å². The third-order valence-electron chi connectivity index (χ3n) is 3.47. The molecule has 3 aromatic rings. The predicted octanol–water partition coefficient (Wildman–Crippen LogP) is 6.63. The number of hydrogen-bond acceptors (Lipinski definition) is 3. The molecule has 0 aliphatic carbocycles. The Hall–Kier alpha value is -2.85. The average molecular weight is 363 g/mol. The highest BCUT2D eigenvalue weighted by Gasteiger charge is 2.07. The molecule has 0 atom stereocenters. The van der Waals surface area contributed by atoms with Gasteiger partial charge in [0.25, 0.3) is 0 Å². The number of thioether (sulfide) groups is 1. The van der Waals surface area contributed by atoms with E-state index in [1.54, 1.807) is 23.9 Å². The third kappa shape index (κ3) is 5.33. The maximum Gasteiger partial charge on any atom is 0.223 e. The standard InChI is InChI=1S/C22H18FNOS/c1-17(16-26-21-10-6-3-7-11-21)22(24-19-8-4-2-5-9-19)25-20-14-12-18(23)13-15-20/h2-16H,1H3/b17-16+,24-22-. The van der Waals surface area contributed by atoms with E-state index in [0.717, 1.165) is 16.2 Å². The molecule has 0 N–H and O–H groups in total. The Balaban J connectivity index is 1.86. The van der Waals surface area contributed by atoms with Crippen LogP contribution in [-0.4, -0.2) is 5.90 Å². The van der Waals surface area contributed by atoms with Gasteiger partial charge in [0, 0.05) is 10.5 Å². The van der Waals surface area contributed by atoms with Gasteiger partial charge in [-0.15, -0.1) is 0 Å². The number of halogens is 1. The highest BCUT2D eigenvalue weighted by Crippen LogP contribution is 2.23. The van der Waals surface area contributed by atoms with Gasteiger partial charge in [0.2, 0.25) is 5.90 Å². The quantitative estimate of drug-likeness (QED) is 0.288. The first-order valence-electron chi connectivity index (χ1n) is 8.17. The van der Waals surface area contributed by atoms with E-state index in [-0.39, 0.29) is 5.82 Å². The first-order chi connectivity index (χ1) is 12.7. The molecule has 3 rings (SSSR count). The second kappa shape index (κ2) is 9.02. The first-order valence-corrected chi connectivity index (χ1v) is 9.05. The van der Waals surface area contributed by atoms with Crippen LogP contribution in [0.3, 0.4) is 0 Å². The fraction of sp³-hybridized carbons (Fsp3) is 0.0455. The number of para-hydroxylation sites is 1. The second-order valence-corrected chi connectivity index (χ2v) is 6.48. The van der Waals surface area contributed by atoms with Gasteiger partial charge >= 0.3 is 0 Å². The summed E-state index contributed by atoms with van der Waals surface area (Å²) in [7, 11) is 0. The zero-order valence-corrected chi connectivity index (χ0v) is 15.1. The van der Waals surface area contributed by atoms with Crippen molar-refractivity contribution in [1.29, 1.82) is 0 Å². The van der Waals surface area contributed by atoms with E-state index < -0.39 is 0 Å². The van der Waals surface area contributed by atoms with E-state index in [1.165, 1.54) is 12.1 Å². The number of aliphatic imine (C=N–C) groups is 1. The van der Waals surface area contributed by atoms with Crippen LogP contribution in [0.2, 0.25) is 0 Å². The van der Waals surface area contributed by atoms with Crippen LogP contribution in [0.4, 0.5) is 10.1 Å². The Morgan fingerprint density at radius 2 is 1.50 bits per heavy atom. The highest BCUT2D eigenvalue weighted by atomic mass is 32.2. The van der Waals surface area contributed by atoms with Crippen LogP contribution in [0.5, 0.6) is 5.75 Å². The Morgan fingerprint density at radius 1 is 0.885 bits per heavy atom. The van der Waals surface area contributed by atoms with Crippen LogP contribution in [0.1, 0.15) is 6.92 Å². The Morgan fingerprint density at radius 3 is 2.15 bits per heavy atom. The number of rotatable bonds is 5. The van der Waals surface area contributed by atoms with Crippen molar-refractivity contribution in [2.45, 2.75) is 11.8 Å². The minimum absolute atomic E-state index is 0.300. The van der Waals surface area contributed by atoms with Crippen LogP contribution in [0, 0.1) is 5.82 Å². The van der Waals surface area contributed by atoms with Gasteiger partial charge in [-0.25, -0.2) is 9.38 Å². The van der Waals surface area contributed by atoms with Gasteiger partial charge in [-0.1, -0.05) is 48.2 Å². The lowest BCUT2D eigenvalue weighted by Crippen LogP contribution is -2.09. The predicted molar refractivity (Wildman–Crippen MR) is 107 cm³/mol. The maximum atomic E-state index is 13.1. The van der Waals surface area contributed by atoms with Crippen molar-refractivity contribution < 1.29 is 9.13 Å². The molecule has 0 spiro atoms. The van der Waals surface area contributed by atoms with Crippen molar-refractivity contribution >= 4 is 23.3 Å². The second-order valence-electron chi connectivity index (χ2n) is 5.54. The van der Waals surface area contributed by atoms with E-state index in [2.05, 4.69) is 4.99 Å². The molecule has 130 valence electrons. The van der Waals surface area contributed by atoms with Crippen LogP contribution in [-0.2, 0) is 0 Å². The fourth-order valence-electron chi connectivity index (χ4n) is 2.13. The largest absolute Gasteiger partial charge is 0.439 e. The number of ether oxygens (including phenoxy) is 1. The molecule has 0 fully saturated rings. The molecule has 0 bridgehead atoms. The molecular formula is C22H18FNOS. The monoisotopic (exact) mass is 363 g/mol. The van der Waals surface area contributed by atoms with Crippen LogP contribution in [0.25, 0.3) is 0 Å². The van der Waals surface area contributed by atoms with Crippen molar-refractivity contribution in [3.63, 3.8) is 0 Å². The number of hydrogen-bond donors (Lipinski definition) is 0. The van der Waals surface area contributed by atoms with E-state index in [1.807, 2.05) is 73.0 Å². The van der Waals surface area contributed by atoms with Crippen LogP contribution >= 0.6 is 11.8 Å². The molecular weight excluding hydrogens is 345 g/mol. The molecule has 0 heterocycles. The maximum absolute atomic E-state index is 13.1. The van der Waals surface area contributed by atoms with Crippen molar-refractivity contribution in [2.75, 3.05) is 0 Å². The molecule has 0 aromatic heterocycles. The summed E-state index contributed by atoms with van der Waals surface area (Å²) >= 11 is 1.60. The van der Waals surface area contributed by atoms with Gasteiger partial charge in [-0.05, 0) is 60.9 Å². The summed E-state index contributed by atoms with van der Waals surface area (Å²) < 4.78 is 19.1. The molecule has 0 aliphatic heterocycles. The molecule has 0 radical (unpaired) electrons. The van der Waals surface area contributed by atoms with Gasteiger partial charge in [0.15, 0.2) is 0 Å². The summed E-state index contributed by atoms with van der Waals surface area (Å²) in [6.45, 7) is 1.95. The van der Waals surface area contributed by atoms with Gasteiger partial charge in [-0.2, -0.15) is 0 Å². The average Bonchev–Trinajstić information content (AvgIpc) is 2.69. The minimum Gasteiger partial charge on any atom is -0.439 e. The van der Waals surface area contributed by atoms with Crippen molar-refractivity contribution in [1.82, 2.24) is 0 Å². The van der Waals surface area contributed by atoms with E-state index in [4.69, 9.17) is 4.74 Å². The summed E-state index contributed by atoms with van der Waals surface area (Å²) in [6, 6.07) is 25.6. The fourth-order valence-corrected chi connectivity index (χ4v) is 2.86. The molecule has 0 aliphatic rings. The van der Waals surface area contributed by atoms with Gasteiger partial charge in [-0.3, -0.25) is 0 Å². The van der Waals surface area contributed by atoms with E-state index >= 15 is 0 Å². The zero-order valence-electron chi connectivity index (χ0n) is 14.3. The minimum atomic E-state index is -0.300. The Labute approximate surface area is 157 Å².